The van der Waals surface area contributed by atoms with Crippen molar-refractivity contribution in [3.63, 3.8) is 0 Å². The molecule has 1 saturated heterocycles. The summed E-state index contributed by atoms with van der Waals surface area (Å²) in [6.45, 7) is 3.48. The number of nitrogens with zero attached hydrogens (tertiary/aromatic N) is 1. The highest BCUT2D eigenvalue weighted by molar-refractivity contribution is 7.99. The zero-order chi connectivity index (χ0) is 16.1. The molecule has 1 heterocycles. The molecule has 2 aromatic rings. The van der Waals surface area contributed by atoms with Gasteiger partial charge in [0.05, 0.1) is 6.61 Å². The Morgan fingerprint density at radius 3 is 2.65 bits per heavy atom. The Morgan fingerprint density at radius 1 is 1.17 bits per heavy atom. The topological polar surface area (TPSA) is 29.5 Å². The molecule has 1 atom stereocenters. The van der Waals surface area contributed by atoms with Gasteiger partial charge in [-0.2, -0.15) is 0 Å². The van der Waals surface area contributed by atoms with E-state index in [-0.39, 0.29) is 17.9 Å². The first kappa shape index (κ1) is 16.1. The molecule has 0 radical (unpaired) electrons. The minimum Gasteiger partial charge on any atom is -0.367 e. The number of amides is 1. The Bertz CT molecular complexity index is 642. The van der Waals surface area contributed by atoms with Crippen LogP contribution in [0.4, 0.5) is 0 Å². The molecule has 3 nitrogen and oxygen atoms in total. The highest BCUT2D eigenvalue weighted by atomic mass is 32.2. The quantitative estimate of drug-likeness (QED) is 0.837. The van der Waals surface area contributed by atoms with E-state index in [1.165, 1.54) is 11.1 Å². The third-order valence-corrected chi connectivity index (χ3v) is 5.17. The normalized spacial score (nSPS) is 17.4. The van der Waals surface area contributed by atoms with Crippen molar-refractivity contribution in [1.82, 2.24) is 4.90 Å². The minimum atomic E-state index is 0.0662. The summed E-state index contributed by atoms with van der Waals surface area (Å²) in [7, 11) is 0. The Balaban J connectivity index is 1.56. The molecule has 23 heavy (non-hydrogen) atoms. The van der Waals surface area contributed by atoms with Crippen LogP contribution in [0.2, 0.25) is 0 Å². The molecule has 1 unspecified atom stereocenters. The lowest BCUT2D eigenvalue weighted by Crippen LogP contribution is -2.33. The van der Waals surface area contributed by atoms with Crippen LogP contribution in [0.15, 0.2) is 54.6 Å². The molecule has 120 valence electrons. The van der Waals surface area contributed by atoms with E-state index in [1.54, 1.807) is 0 Å². The van der Waals surface area contributed by atoms with E-state index >= 15 is 0 Å². The summed E-state index contributed by atoms with van der Waals surface area (Å²) in [6, 6.07) is 18.4. The second-order valence-electron chi connectivity index (χ2n) is 5.70. The van der Waals surface area contributed by atoms with Gasteiger partial charge in [-0.05, 0) is 18.1 Å². The van der Waals surface area contributed by atoms with Crippen LogP contribution in [-0.2, 0) is 16.1 Å². The number of carbonyl (C=O) groups excluding carboxylic acids is 1. The van der Waals surface area contributed by atoms with Crippen molar-refractivity contribution in [2.24, 2.45) is 0 Å². The number of benzene rings is 2. The van der Waals surface area contributed by atoms with Crippen molar-refractivity contribution in [2.75, 3.05) is 18.9 Å². The fourth-order valence-corrected chi connectivity index (χ4v) is 3.92. The molecule has 1 fully saturated rings. The maximum Gasteiger partial charge on any atom is 0.249 e. The van der Waals surface area contributed by atoms with E-state index in [9.17, 15) is 4.79 Å². The number of carbonyl (C=O) groups is 1. The van der Waals surface area contributed by atoms with E-state index in [4.69, 9.17) is 4.74 Å². The Morgan fingerprint density at radius 2 is 1.91 bits per heavy atom. The minimum absolute atomic E-state index is 0.0662. The fourth-order valence-electron chi connectivity index (χ4n) is 2.65. The van der Waals surface area contributed by atoms with Gasteiger partial charge in [0.15, 0.2) is 0 Å². The number of aryl methyl sites for hydroxylation is 1. The molecule has 0 bridgehead atoms. The Kier molecular flexibility index (Phi) is 5.36. The first-order chi connectivity index (χ1) is 11.2. The predicted octanol–water partition coefficient (Wildman–Crippen LogP) is 3.79. The van der Waals surface area contributed by atoms with Crippen LogP contribution in [0.25, 0.3) is 0 Å². The predicted molar refractivity (Wildman–Crippen MR) is 94.2 cm³/mol. The molecule has 0 spiro atoms. The van der Waals surface area contributed by atoms with Crippen LogP contribution >= 0.6 is 11.8 Å². The van der Waals surface area contributed by atoms with Gasteiger partial charge in [0.2, 0.25) is 5.91 Å². The number of thioether (sulfide) groups is 1. The average Bonchev–Trinajstić information content (AvgIpc) is 3.06. The zero-order valence-electron chi connectivity index (χ0n) is 13.3. The number of hydrogen-bond donors (Lipinski definition) is 0. The molecule has 0 N–H and O–H groups in total. The van der Waals surface area contributed by atoms with E-state index in [2.05, 4.69) is 31.2 Å². The molecule has 1 aliphatic heterocycles. The molecular formula is C19H21NO2S. The van der Waals surface area contributed by atoms with Gasteiger partial charge >= 0.3 is 0 Å². The molecule has 1 aliphatic rings. The molecule has 2 aromatic carbocycles. The summed E-state index contributed by atoms with van der Waals surface area (Å²) >= 11 is 1.82. The van der Waals surface area contributed by atoms with Crippen LogP contribution in [0.3, 0.4) is 0 Å². The lowest BCUT2D eigenvalue weighted by molar-refractivity contribution is -0.136. The van der Waals surface area contributed by atoms with Gasteiger partial charge in [0.1, 0.15) is 12.0 Å². The highest BCUT2D eigenvalue weighted by Gasteiger charge is 2.30. The SMILES string of the molecule is Cc1ccc(C2SCCN2C(=O)COCc2ccccc2)cc1. The van der Waals surface area contributed by atoms with Crippen LogP contribution in [-0.4, -0.2) is 29.7 Å². The molecule has 3 rings (SSSR count). The number of rotatable bonds is 5. The maximum atomic E-state index is 12.5. The van der Waals surface area contributed by atoms with Gasteiger partial charge < -0.3 is 9.64 Å². The standard InChI is InChI=1S/C19H21NO2S/c1-15-7-9-17(10-8-15)19-20(11-12-23-19)18(21)14-22-13-16-5-3-2-4-6-16/h2-10,19H,11-14H2,1H3. The van der Waals surface area contributed by atoms with Crippen molar-refractivity contribution in [3.8, 4) is 0 Å². The van der Waals surface area contributed by atoms with Gasteiger partial charge in [0.25, 0.3) is 0 Å². The van der Waals surface area contributed by atoms with Gasteiger partial charge in [-0.25, -0.2) is 0 Å². The van der Waals surface area contributed by atoms with Gasteiger partial charge in [-0.3, -0.25) is 4.79 Å². The van der Waals surface area contributed by atoms with E-state index in [0.29, 0.717) is 6.61 Å². The van der Waals surface area contributed by atoms with Crippen molar-refractivity contribution in [1.29, 1.82) is 0 Å². The summed E-state index contributed by atoms with van der Waals surface area (Å²) in [4.78, 5) is 14.4. The molecule has 0 aromatic heterocycles. The third-order valence-electron chi connectivity index (χ3n) is 3.91. The third kappa shape index (κ3) is 4.15. The molecule has 0 aliphatic carbocycles. The summed E-state index contributed by atoms with van der Waals surface area (Å²) < 4.78 is 5.60. The van der Waals surface area contributed by atoms with Crippen LogP contribution in [0.5, 0.6) is 0 Å². The first-order valence-corrected chi connectivity index (χ1v) is 8.88. The van der Waals surface area contributed by atoms with Crippen molar-refractivity contribution in [2.45, 2.75) is 18.9 Å². The zero-order valence-corrected chi connectivity index (χ0v) is 14.1. The van der Waals surface area contributed by atoms with Gasteiger partial charge in [-0.1, -0.05) is 60.2 Å². The second kappa shape index (κ2) is 7.66. The summed E-state index contributed by atoms with van der Waals surface area (Å²) in [5.41, 5.74) is 3.52. The fraction of sp³-hybridized carbons (Fsp3) is 0.316. The molecular weight excluding hydrogens is 306 g/mol. The first-order valence-electron chi connectivity index (χ1n) is 7.83. The van der Waals surface area contributed by atoms with Gasteiger partial charge in [-0.15, -0.1) is 11.8 Å². The number of hydrogen-bond acceptors (Lipinski definition) is 3. The second-order valence-corrected chi connectivity index (χ2v) is 6.89. The smallest absolute Gasteiger partial charge is 0.249 e. The van der Waals surface area contributed by atoms with Crippen molar-refractivity contribution in [3.05, 3.63) is 71.3 Å². The molecule has 4 heteroatoms. The largest absolute Gasteiger partial charge is 0.367 e. The van der Waals surface area contributed by atoms with E-state index in [0.717, 1.165) is 17.9 Å². The van der Waals surface area contributed by atoms with Gasteiger partial charge in [0, 0.05) is 12.3 Å². The van der Waals surface area contributed by atoms with Crippen LogP contribution < -0.4 is 0 Å². The lowest BCUT2D eigenvalue weighted by atomic mass is 10.1. The monoisotopic (exact) mass is 327 g/mol. The molecule has 1 amide bonds. The average molecular weight is 327 g/mol. The Labute approximate surface area is 141 Å². The Hall–Kier alpha value is -1.78. The van der Waals surface area contributed by atoms with Crippen LogP contribution in [0, 0.1) is 6.92 Å². The lowest BCUT2D eigenvalue weighted by Gasteiger charge is -2.24. The summed E-state index contributed by atoms with van der Waals surface area (Å²) in [5.74, 6) is 1.04. The van der Waals surface area contributed by atoms with Crippen molar-refractivity contribution >= 4 is 17.7 Å². The maximum absolute atomic E-state index is 12.5. The highest BCUT2D eigenvalue weighted by Crippen LogP contribution is 2.37. The van der Waals surface area contributed by atoms with E-state index < -0.39 is 0 Å². The van der Waals surface area contributed by atoms with Crippen LogP contribution in [0.1, 0.15) is 22.1 Å². The summed E-state index contributed by atoms with van der Waals surface area (Å²) in [5, 5.41) is 0.114. The molecule has 0 saturated carbocycles. The number of ether oxygens (including phenoxy) is 1. The van der Waals surface area contributed by atoms with E-state index in [1.807, 2.05) is 47.0 Å². The van der Waals surface area contributed by atoms with Crippen molar-refractivity contribution < 1.29 is 9.53 Å². The summed E-state index contributed by atoms with van der Waals surface area (Å²) in [6.07, 6.45) is 0.